The molecule has 0 radical (unpaired) electrons. The van der Waals surface area contributed by atoms with E-state index in [1.165, 1.54) is 19.1 Å². The fourth-order valence-electron chi connectivity index (χ4n) is 1.75. The molecule has 0 fully saturated rings. The number of nitro groups is 1. The molecule has 0 aromatic carbocycles. The number of pyridine rings is 1. The Morgan fingerprint density at radius 3 is 2.58 bits per heavy atom. The third kappa shape index (κ3) is 4.20. The van der Waals surface area contributed by atoms with Gasteiger partial charge in [-0.25, -0.2) is 4.98 Å². The maximum atomic E-state index is 10.8. The van der Waals surface area contributed by atoms with E-state index in [0.29, 0.717) is 12.4 Å². The number of anilines is 1. The first-order valence-electron chi connectivity index (χ1n) is 5.90. The average molecular weight is 267 g/mol. The van der Waals surface area contributed by atoms with Crippen LogP contribution in [0.25, 0.3) is 0 Å². The normalized spacial score (nSPS) is 10.5. The van der Waals surface area contributed by atoms with E-state index in [0.717, 1.165) is 0 Å². The smallest absolute Gasteiger partial charge is 0.323 e. The standard InChI is InChI=1S/C12H17N3O4/c1-8(2)6-14(7-12(16)17)11-5-4-10(15(18)19)9(3)13-11/h4-5,8H,6-7H2,1-3H3,(H,16,17). The minimum absolute atomic E-state index is 0.0661. The summed E-state index contributed by atoms with van der Waals surface area (Å²) in [4.78, 5) is 26.8. The van der Waals surface area contributed by atoms with Crippen LogP contribution in [0, 0.1) is 23.0 Å². The van der Waals surface area contributed by atoms with Gasteiger partial charge in [0.1, 0.15) is 18.1 Å². The van der Waals surface area contributed by atoms with Gasteiger partial charge in [-0.1, -0.05) is 13.8 Å². The Morgan fingerprint density at radius 1 is 1.53 bits per heavy atom. The van der Waals surface area contributed by atoms with E-state index in [1.54, 1.807) is 4.90 Å². The number of carboxylic acids is 1. The number of aliphatic carboxylic acids is 1. The molecule has 7 nitrogen and oxygen atoms in total. The van der Waals surface area contributed by atoms with E-state index < -0.39 is 10.9 Å². The van der Waals surface area contributed by atoms with E-state index in [9.17, 15) is 14.9 Å². The van der Waals surface area contributed by atoms with Crippen LogP contribution in [0.3, 0.4) is 0 Å². The second-order valence-electron chi connectivity index (χ2n) is 4.70. The van der Waals surface area contributed by atoms with Crippen LogP contribution in [0.2, 0.25) is 0 Å². The molecule has 1 heterocycles. The van der Waals surface area contributed by atoms with Crippen LogP contribution >= 0.6 is 0 Å². The van der Waals surface area contributed by atoms with Crippen molar-refractivity contribution in [3.63, 3.8) is 0 Å². The molecule has 0 spiro atoms. The van der Waals surface area contributed by atoms with E-state index in [4.69, 9.17) is 5.11 Å². The van der Waals surface area contributed by atoms with Crippen molar-refractivity contribution in [2.75, 3.05) is 18.0 Å². The Balaban J connectivity index is 3.05. The van der Waals surface area contributed by atoms with Gasteiger partial charge in [-0.3, -0.25) is 14.9 Å². The SMILES string of the molecule is Cc1nc(N(CC(=O)O)CC(C)C)ccc1[N+](=O)[O-]. The van der Waals surface area contributed by atoms with Crippen molar-refractivity contribution in [3.8, 4) is 0 Å². The van der Waals surface area contributed by atoms with Crippen molar-refractivity contribution >= 4 is 17.5 Å². The lowest BCUT2D eigenvalue weighted by molar-refractivity contribution is -0.385. The lowest BCUT2D eigenvalue weighted by atomic mass is 10.2. The molecule has 0 aliphatic heterocycles. The van der Waals surface area contributed by atoms with Gasteiger partial charge in [-0.2, -0.15) is 0 Å². The maximum Gasteiger partial charge on any atom is 0.323 e. The summed E-state index contributed by atoms with van der Waals surface area (Å²) in [5.41, 5.74) is 0.213. The van der Waals surface area contributed by atoms with E-state index >= 15 is 0 Å². The number of carboxylic acid groups (broad SMARTS) is 1. The highest BCUT2D eigenvalue weighted by atomic mass is 16.6. The zero-order valence-corrected chi connectivity index (χ0v) is 11.2. The second kappa shape index (κ2) is 6.12. The highest BCUT2D eigenvalue weighted by Gasteiger charge is 2.17. The lowest BCUT2D eigenvalue weighted by Gasteiger charge is -2.23. The molecule has 0 amide bonds. The number of aryl methyl sites for hydroxylation is 1. The average Bonchev–Trinajstić information content (AvgIpc) is 2.26. The lowest BCUT2D eigenvalue weighted by Crippen LogP contribution is -2.33. The summed E-state index contributed by atoms with van der Waals surface area (Å²) in [7, 11) is 0. The number of hydrogen-bond acceptors (Lipinski definition) is 5. The van der Waals surface area contributed by atoms with Crippen LogP contribution in [0.4, 0.5) is 11.5 Å². The molecule has 19 heavy (non-hydrogen) atoms. The van der Waals surface area contributed by atoms with Gasteiger partial charge in [-0.05, 0) is 18.9 Å². The van der Waals surface area contributed by atoms with Gasteiger partial charge >= 0.3 is 5.97 Å². The van der Waals surface area contributed by atoms with Crippen molar-refractivity contribution < 1.29 is 14.8 Å². The van der Waals surface area contributed by atoms with E-state index in [2.05, 4.69) is 4.98 Å². The topological polar surface area (TPSA) is 96.6 Å². The van der Waals surface area contributed by atoms with Crippen LogP contribution in [-0.2, 0) is 4.79 Å². The summed E-state index contributed by atoms with van der Waals surface area (Å²) in [6.45, 7) is 5.81. The van der Waals surface area contributed by atoms with Gasteiger partial charge in [0.15, 0.2) is 0 Å². The predicted molar refractivity (Wildman–Crippen MR) is 70.3 cm³/mol. The molecule has 0 aliphatic carbocycles. The monoisotopic (exact) mass is 267 g/mol. The van der Waals surface area contributed by atoms with Crippen molar-refractivity contribution in [3.05, 3.63) is 27.9 Å². The third-order valence-electron chi connectivity index (χ3n) is 2.48. The molecular formula is C12H17N3O4. The molecule has 1 N–H and O–H groups in total. The van der Waals surface area contributed by atoms with Gasteiger partial charge in [0.25, 0.3) is 5.69 Å². The Bertz CT molecular complexity index is 488. The molecule has 104 valence electrons. The molecule has 0 saturated carbocycles. The van der Waals surface area contributed by atoms with E-state index in [-0.39, 0.29) is 23.8 Å². The Kier molecular flexibility index (Phi) is 4.80. The Labute approximate surface area is 111 Å². The van der Waals surface area contributed by atoms with Crippen LogP contribution in [0.1, 0.15) is 19.5 Å². The van der Waals surface area contributed by atoms with Gasteiger partial charge in [0.05, 0.1) is 4.92 Å². The van der Waals surface area contributed by atoms with Crippen LogP contribution in [-0.4, -0.2) is 34.1 Å². The zero-order valence-electron chi connectivity index (χ0n) is 11.2. The van der Waals surface area contributed by atoms with Gasteiger partial charge in [-0.15, -0.1) is 0 Å². The minimum atomic E-state index is -0.960. The Morgan fingerprint density at radius 2 is 2.16 bits per heavy atom. The molecule has 0 bridgehead atoms. The fraction of sp³-hybridized carbons (Fsp3) is 0.500. The van der Waals surface area contributed by atoms with Crippen LogP contribution in [0.15, 0.2) is 12.1 Å². The third-order valence-corrected chi connectivity index (χ3v) is 2.48. The summed E-state index contributed by atoms with van der Waals surface area (Å²) in [6, 6.07) is 2.84. The van der Waals surface area contributed by atoms with Crippen molar-refractivity contribution in [1.29, 1.82) is 0 Å². The molecule has 1 aromatic heterocycles. The first-order chi connectivity index (χ1) is 8.81. The minimum Gasteiger partial charge on any atom is -0.480 e. The van der Waals surface area contributed by atoms with Gasteiger partial charge < -0.3 is 10.0 Å². The van der Waals surface area contributed by atoms with Crippen molar-refractivity contribution in [2.45, 2.75) is 20.8 Å². The summed E-state index contributed by atoms with van der Waals surface area (Å²) < 4.78 is 0. The first kappa shape index (κ1) is 14.9. The molecule has 0 saturated heterocycles. The molecule has 0 unspecified atom stereocenters. The van der Waals surface area contributed by atoms with E-state index in [1.807, 2.05) is 13.8 Å². The quantitative estimate of drug-likeness (QED) is 0.624. The first-order valence-corrected chi connectivity index (χ1v) is 5.90. The summed E-state index contributed by atoms with van der Waals surface area (Å²) in [6.07, 6.45) is 0. The van der Waals surface area contributed by atoms with Gasteiger partial charge in [0, 0.05) is 12.6 Å². The summed E-state index contributed by atoms with van der Waals surface area (Å²) >= 11 is 0. The fourth-order valence-corrected chi connectivity index (χ4v) is 1.75. The van der Waals surface area contributed by atoms with Crippen LogP contribution in [0.5, 0.6) is 0 Å². The highest BCUT2D eigenvalue weighted by molar-refractivity contribution is 5.73. The second-order valence-corrected chi connectivity index (χ2v) is 4.70. The largest absolute Gasteiger partial charge is 0.480 e. The number of carbonyl (C=O) groups is 1. The molecule has 0 aliphatic rings. The van der Waals surface area contributed by atoms with Crippen LogP contribution < -0.4 is 4.90 Å². The molecule has 1 aromatic rings. The Hall–Kier alpha value is -2.18. The molecule has 1 rings (SSSR count). The summed E-state index contributed by atoms with van der Waals surface area (Å²) in [5, 5.41) is 19.6. The predicted octanol–water partition coefficient (Wildman–Crippen LogP) is 1.85. The molecule has 0 atom stereocenters. The van der Waals surface area contributed by atoms with Crippen molar-refractivity contribution in [1.82, 2.24) is 4.98 Å². The number of aromatic nitrogens is 1. The highest BCUT2D eigenvalue weighted by Crippen LogP contribution is 2.21. The van der Waals surface area contributed by atoms with Gasteiger partial charge in [0.2, 0.25) is 0 Å². The molecule has 7 heteroatoms. The number of rotatable bonds is 6. The summed E-state index contributed by atoms with van der Waals surface area (Å²) in [5.74, 6) is -0.255. The number of hydrogen-bond donors (Lipinski definition) is 1. The van der Waals surface area contributed by atoms with Crippen molar-refractivity contribution in [2.24, 2.45) is 5.92 Å². The number of nitrogens with zero attached hydrogens (tertiary/aromatic N) is 3. The zero-order chi connectivity index (χ0) is 14.6. The maximum absolute atomic E-state index is 10.8. The molecular weight excluding hydrogens is 250 g/mol.